The van der Waals surface area contributed by atoms with Gasteiger partial charge in [0, 0.05) is 31.4 Å². The third kappa shape index (κ3) is 3.80. The van der Waals surface area contributed by atoms with Gasteiger partial charge in [0.25, 0.3) is 0 Å². The van der Waals surface area contributed by atoms with Crippen LogP contribution in [0.2, 0.25) is 0 Å². The fraction of sp³-hybridized carbons (Fsp3) is 0.250. The van der Waals surface area contributed by atoms with Crippen molar-refractivity contribution in [2.45, 2.75) is 24.4 Å². The lowest BCUT2D eigenvalue weighted by Gasteiger charge is -2.26. The molecular weight excluding hydrogens is 360 g/mol. The molecular formula is C20H22N4O2S. The van der Waals surface area contributed by atoms with Crippen molar-refractivity contribution >= 4 is 10.0 Å². The summed E-state index contributed by atoms with van der Waals surface area (Å²) in [5.41, 5.74) is 3.77. The number of nitrogens with one attached hydrogen (secondary N) is 1. The maximum Gasteiger partial charge on any atom is 0.241 e. The number of aromatic nitrogens is 2. The van der Waals surface area contributed by atoms with E-state index in [-0.39, 0.29) is 6.54 Å². The molecule has 0 saturated heterocycles. The molecule has 0 atom stereocenters. The highest BCUT2D eigenvalue weighted by molar-refractivity contribution is 7.89. The number of hydrogen-bond acceptors (Lipinski definition) is 4. The maximum absolute atomic E-state index is 12.9. The fourth-order valence-electron chi connectivity index (χ4n) is 3.40. The van der Waals surface area contributed by atoms with Crippen LogP contribution in [0.5, 0.6) is 0 Å². The third-order valence-corrected chi connectivity index (χ3v) is 6.31. The standard InChI is InChI=1S/C20H22N4O2S/c1-23-11-10-19-17(15-23)6-5-9-20(19)27(25,26)22-13-16-12-21-24(14-16)18-7-3-2-4-8-18/h2-9,12,14,22H,10-11,13,15H2,1H3. The minimum absolute atomic E-state index is 0.207. The minimum atomic E-state index is -3.58. The lowest BCUT2D eigenvalue weighted by atomic mass is 10.0. The Labute approximate surface area is 159 Å². The summed E-state index contributed by atoms with van der Waals surface area (Å²) in [4.78, 5) is 2.59. The van der Waals surface area contributed by atoms with Gasteiger partial charge < -0.3 is 4.90 Å². The van der Waals surface area contributed by atoms with E-state index in [9.17, 15) is 8.42 Å². The van der Waals surface area contributed by atoms with Gasteiger partial charge in [-0.25, -0.2) is 17.8 Å². The molecule has 0 unspecified atom stereocenters. The number of rotatable bonds is 5. The Hall–Kier alpha value is -2.48. The van der Waals surface area contributed by atoms with Crippen LogP contribution < -0.4 is 4.72 Å². The first kappa shape index (κ1) is 17.9. The van der Waals surface area contributed by atoms with Crippen molar-refractivity contribution in [3.8, 4) is 5.69 Å². The molecule has 0 fully saturated rings. The summed E-state index contributed by atoms with van der Waals surface area (Å²) in [5.74, 6) is 0. The Bertz CT molecular complexity index is 1040. The number of likely N-dealkylation sites (N-methyl/N-ethyl adjacent to an activating group) is 1. The molecule has 1 aliphatic heterocycles. The normalized spacial score (nSPS) is 14.9. The summed E-state index contributed by atoms with van der Waals surface area (Å²) in [6.07, 6.45) is 4.27. The van der Waals surface area contributed by atoms with Crippen LogP contribution in [0.25, 0.3) is 5.69 Å². The molecule has 0 amide bonds. The average Bonchev–Trinajstić information content (AvgIpc) is 3.16. The monoisotopic (exact) mass is 382 g/mol. The topological polar surface area (TPSA) is 67.2 Å². The van der Waals surface area contributed by atoms with Crippen LogP contribution in [0, 0.1) is 0 Å². The van der Waals surface area contributed by atoms with E-state index in [1.165, 1.54) is 0 Å². The van der Waals surface area contributed by atoms with Gasteiger partial charge in [0.05, 0.1) is 16.8 Å². The average molecular weight is 382 g/mol. The van der Waals surface area contributed by atoms with Crippen LogP contribution in [0.15, 0.2) is 65.8 Å². The quantitative estimate of drug-likeness (QED) is 0.736. The van der Waals surface area contributed by atoms with Crippen molar-refractivity contribution in [2.75, 3.05) is 13.6 Å². The molecule has 7 heteroatoms. The lowest BCUT2D eigenvalue weighted by molar-refractivity contribution is 0.311. The van der Waals surface area contributed by atoms with Crippen LogP contribution in [-0.2, 0) is 29.5 Å². The van der Waals surface area contributed by atoms with Gasteiger partial charge in [0.2, 0.25) is 10.0 Å². The Kier molecular flexibility index (Phi) is 4.82. The number of nitrogens with zero attached hydrogens (tertiary/aromatic N) is 3. The smallest absolute Gasteiger partial charge is 0.241 e. The van der Waals surface area contributed by atoms with E-state index in [0.717, 1.165) is 41.9 Å². The Morgan fingerprint density at radius 3 is 2.74 bits per heavy atom. The number of fused-ring (bicyclic) bond motifs is 1. The fourth-order valence-corrected chi connectivity index (χ4v) is 4.72. The highest BCUT2D eigenvalue weighted by Gasteiger charge is 2.23. The molecule has 0 saturated carbocycles. The Balaban J connectivity index is 1.52. The summed E-state index contributed by atoms with van der Waals surface area (Å²) in [7, 11) is -1.53. The lowest BCUT2D eigenvalue weighted by Crippen LogP contribution is -2.30. The SMILES string of the molecule is CN1CCc2c(cccc2S(=O)(=O)NCc2cnn(-c3ccccc3)c2)C1. The largest absolute Gasteiger partial charge is 0.302 e. The molecule has 140 valence electrons. The summed E-state index contributed by atoms with van der Waals surface area (Å²) < 4.78 is 30.2. The van der Waals surface area contributed by atoms with Crippen molar-refractivity contribution in [2.24, 2.45) is 0 Å². The maximum atomic E-state index is 12.9. The zero-order chi connectivity index (χ0) is 18.9. The third-order valence-electron chi connectivity index (χ3n) is 4.83. The van der Waals surface area contributed by atoms with Gasteiger partial charge in [-0.05, 0) is 42.8 Å². The molecule has 0 aliphatic carbocycles. The second kappa shape index (κ2) is 7.26. The summed E-state index contributed by atoms with van der Waals surface area (Å²) in [6.45, 7) is 1.85. The van der Waals surface area contributed by atoms with Crippen LogP contribution in [0.3, 0.4) is 0 Å². The molecule has 6 nitrogen and oxygen atoms in total. The molecule has 27 heavy (non-hydrogen) atoms. The van der Waals surface area contributed by atoms with E-state index in [4.69, 9.17) is 0 Å². The molecule has 1 aliphatic rings. The van der Waals surface area contributed by atoms with Crippen molar-refractivity contribution in [3.63, 3.8) is 0 Å². The van der Waals surface area contributed by atoms with Gasteiger partial charge in [-0.3, -0.25) is 0 Å². The van der Waals surface area contributed by atoms with E-state index in [1.54, 1.807) is 16.9 Å². The van der Waals surface area contributed by atoms with Crippen LogP contribution in [0.1, 0.15) is 16.7 Å². The van der Waals surface area contributed by atoms with E-state index in [0.29, 0.717) is 4.90 Å². The number of para-hydroxylation sites is 1. The zero-order valence-electron chi connectivity index (χ0n) is 15.2. The van der Waals surface area contributed by atoms with Gasteiger partial charge in [-0.2, -0.15) is 5.10 Å². The molecule has 4 rings (SSSR count). The molecule has 0 radical (unpaired) electrons. The van der Waals surface area contributed by atoms with Crippen LogP contribution in [0.4, 0.5) is 0 Å². The second-order valence-electron chi connectivity index (χ2n) is 6.83. The highest BCUT2D eigenvalue weighted by Crippen LogP contribution is 2.25. The highest BCUT2D eigenvalue weighted by atomic mass is 32.2. The molecule has 3 aromatic rings. The summed E-state index contributed by atoms with van der Waals surface area (Å²) in [6, 6.07) is 15.3. The van der Waals surface area contributed by atoms with Gasteiger partial charge in [-0.15, -0.1) is 0 Å². The summed E-state index contributed by atoms with van der Waals surface area (Å²) >= 11 is 0. The molecule has 0 spiro atoms. The van der Waals surface area contributed by atoms with Crippen LogP contribution in [-0.4, -0.2) is 36.7 Å². The number of sulfonamides is 1. The van der Waals surface area contributed by atoms with Crippen molar-refractivity contribution in [3.05, 3.63) is 77.6 Å². The van der Waals surface area contributed by atoms with Crippen molar-refractivity contribution in [1.29, 1.82) is 0 Å². The first-order valence-corrected chi connectivity index (χ1v) is 10.4. The van der Waals surface area contributed by atoms with Gasteiger partial charge in [-0.1, -0.05) is 30.3 Å². The van der Waals surface area contributed by atoms with Crippen molar-refractivity contribution < 1.29 is 8.42 Å². The van der Waals surface area contributed by atoms with E-state index in [2.05, 4.69) is 14.7 Å². The molecule has 2 aromatic carbocycles. The summed E-state index contributed by atoms with van der Waals surface area (Å²) in [5, 5.41) is 4.31. The van der Waals surface area contributed by atoms with Gasteiger partial charge in [0.1, 0.15) is 0 Å². The first-order chi connectivity index (χ1) is 13.0. The molecule has 2 heterocycles. The van der Waals surface area contributed by atoms with E-state index >= 15 is 0 Å². The van der Waals surface area contributed by atoms with Crippen LogP contribution >= 0.6 is 0 Å². The molecule has 1 aromatic heterocycles. The Morgan fingerprint density at radius 1 is 1.11 bits per heavy atom. The van der Waals surface area contributed by atoms with E-state index in [1.807, 2.05) is 55.7 Å². The minimum Gasteiger partial charge on any atom is -0.302 e. The Morgan fingerprint density at radius 2 is 1.93 bits per heavy atom. The van der Waals surface area contributed by atoms with E-state index < -0.39 is 10.0 Å². The van der Waals surface area contributed by atoms with Gasteiger partial charge >= 0.3 is 0 Å². The zero-order valence-corrected chi connectivity index (χ0v) is 16.0. The number of benzene rings is 2. The van der Waals surface area contributed by atoms with Gasteiger partial charge in [0.15, 0.2) is 0 Å². The predicted octanol–water partition coefficient (Wildman–Crippen LogP) is 2.34. The predicted molar refractivity (Wildman–Crippen MR) is 104 cm³/mol. The molecule has 1 N–H and O–H groups in total. The van der Waals surface area contributed by atoms with Crippen molar-refractivity contribution in [1.82, 2.24) is 19.4 Å². The second-order valence-corrected chi connectivity index (χ2v) is 8.57. The first-order valence-electron chi connectivity index (χ1n) is 8.91. The molecule has 0 bridgehead atoms. The number of hydrogen-bond donors (Lipinski definition) is 1.